The number of likely N-dealkylation sites (tertiary alicyclic amines) is 1. The van der Waals surface area contributed by atoms with Gasteiger partial charge in [-0.1, -0.05) is 17.7 Å². The summed E-state index contributed by atoms with van der Waals surface area (Å²) in [5, 5.41) is 0.590. The Morgan fingerprint density at radius 1 is 1.11 bits per heavy atom. The molecule has 6 nitrogen and oxygen atoms in total. The molecule has 0 radical (unpaired) electrons. The van der Waals surface area contributed by atoms with E-state index in [-0.39, 0.29) is 24.5 Å². The van der Waals surface area contributed by atoms with Crippen LogP contribution in [-0.4, -0.2) is 78.4 Å². The molecular formula is C21H28ClN3O3. The monoisotopic (exact) mass is 405 g/mol. The van der Waals surface area contributed by atoms with Gasteiger partial charge in [0.1, 0.15) is 5.75 Å². The normalized spacial score (nSPS) is 23.8. The molecule has 1 aromatic rings. The van der Waals surface area contributed by atoms with E-state index in [0.717, 1.165) is 44.9 Å². The SMILES string of the molecule is O=C(COc1cccc(Cl)c1)N1CCCN(C2CCN(CC3CC3)C2=O)CC1. The summed E-state index contributed by atoms with van der Waals surface area (Å²) in [5.74, 6) is 1.61. The standard InChI is InChI=1S/C21H28ClN3O3/c22-17-3-1-4-18(13-17)28-15-20(26)24-9-2-8-23(11-12-24)19-7-10-25(21(19)27)14-16-5-6-16/h1,3-4,13,16,19H,2,5-12,14-15H2. The fourth-order valence-corrected chi connectivity index (χ4v) is 4.33. The van der Waals surface area contributed by atoms with E-state index in [2.05, 4.69) is 9.80 Å². The zero-order valence-corrected chi connectivity index (χ0v) is 16.9. The van der Waals surface area contributed by atoms with Crippen LogP contribution in [0.1, 0.15) is 25.7 Å². The second-order valence-electron chi connectivity index (χ2n) is 8.05. The largest absolute Gasteiger partial charge is 0.484 e. The van der Waals surface area contributed by atoms with Crippen molar-refractivity contribution in [2.24, 2.45) is 5.92 Å². The highest BCUT2D eigenvalue weighted by atomic mass is 35.5. The van der Waals surface area contributed by atoms with Crippen molar-refractivity contribution in [2.75, 3.05) is 45.9 Å². The van der Waals surface area contributed by atoms with Crippen LogP contribution in [0.25, 0.3) is 0 Å². The average Bonchev–Trinajstić information content (AvgIpc) is 3.47. The maximum absolute atomic E-state index is 12.8. The minimum atomic E-state index is -0.0186. The molecule has 2 saturated heterocycles. The molecule has 3 fully saturated rings. The lowest BCUT2D eigenvalue weighted by atomic mass is 10.2. The highest BCUT2D eigenvalue weighted by molar-refractivity contribution is 6.30. The van der Waals surface area contributed by atoms with E-state index in [1.54, 1.807) is 24.3 Å². The summed E-state index contributed by atoms with van der Waals surface area (Å²) in [4.78, 5) is 31.5. The van der Waals surface area contributed by atoms with Crippen LogP contribution in [0.2, 0.25) is 5.02 Å². The molecule has 0 bridgehead atoms. The maximum atomic E-state index is 12.8. The number of halogens is 1. The lowest BCUT2D eigenvalue weighted by molar-refractivity contribution is -0.133. The Hall–Kier alpha value is -1.79. The van der Waals surface area contributed by atoms with Crippen molar-refractivity contribution in [3.8, 4) is 5.75 Å². The summed E-state index contributed by atoms with van der Waals surface area (Å²) in [6, 6.07) is 7.07. The summed E-state index contributed by atoms with van der Waals surface area (Å²) in [5.41, 5.74) is 0. The van der Waals surface area contributed by atoms with Crippen molar-refractivity contribution in [2.45, 2.75) is 31.7 Å². The van der Waals surface area contributed by atoms with E-state index in [1.165, 1.54) is 12.8 Å². The van der Waals surface area contributed by atoms with Gasteiger partial charge in [0, 0.05) is 44.3 Å². The smallest absolute Gasteiger partial charge is 0.260 e. The second-order valence-corrected chi connectivity index (χ2v) is 8.48. The van der Waals surface area contributed by atoms with E-state index in [9.17, 15) is 9.59 Å². The first-order chi connectivity index (χ1) is 13.6. The van der Waals surface area contributed by atoms with Gasteiger partial charge in [0.15, 0.2) is 6.61 Å². The molecule has 7 heteroatoms. The molecule has 4 rings (SSSR count). The van der Waals surface area contributed by atoms with Crippen LogP contribution >= 0.6 is 11.6 Å². The van der Waals surface area contributed by atoms with Gasteiger partial charge in [0.25, 0.3) is 5.91 Å². The molecule has 1 aliphatic carbocycles. The summed E-state index contributed by atoms with van der Waals surface area (Å²) < 4.78 is 5.59. The molecule has 0 aromatic heterocycles. The molecule has 1 aromatic carbocycles. The fraction of sp³-hybridized carbons (Fsp3) is 0.619. The van der Waals surface area contributed by atoms with E-state index in [0.29, 0.717) is 23.9 Å². The van der Waals surface area contributed by atoms with Gasteiger partial charge in [-0.05, 0) is 49.8 Å². The molecule has 1 saturated carbocycles. The Labute approximate surface area is 171 Å². The first kappa shape index (κ1) is 19.5. The Kier molecular flexibility index (Phi) is 6.07. The number of amides is 2. The number of carbonyl (C=O) groups is 2. The van der Waals surface area contributed by atoms with Gasteiger partial charge in [0.05, 0.1) is 6.04 Å². The molecule has 2 heterocycles. The molecule has 1 atom stereocenters. The van der Waals surface area contributed by atoms with Crippen molar-refractivity contribution in [3.63, 3.8) is 0 Å². The Morgan fingerprint density at radius 2 is 1.96 bits per heavy atom. The van der Waals surface area contributed by atoms with Crippen molar-refractivity contribution < 1.29 is 14.3 Å². The highest BCUT2D eigenvalue weighted by Crippen LogP contribution is 2.31. The molecule has 1 unspecified atom stereocenters. The highest BCUT2D eigenvalue weighted by Gasteiger charge is 2.38. The number of ether oxygens (including phenoxy) is 1. The minimum Gasteiger partial charge on any atom is -0.484 e. The van der Waals surface area contributed by atoms with Gasteiger partial charge < -0.3 is 14.5 Å². The molecule has 3 aliphatic rings. The number of rotatable bonds is 6. The molecule has 28 heavy (non-hydrogen) atoms. The predicted molar refractivity (Wildman–Crippen MR) is 107 cm³/mol. The molecular weight excluding hydrogens is 378 g/mol. The average molecular weight is 406 g/mol. The predicted octanol–water partition coefficient (Wildman–Crippen LogP) is 2.26. The first-order valence-corrected chi connectivity index (χ1v) is 10.7. The van der Waals surface area contributed by atoms with Crippen molar-refractivity contribution in [3.05, 3.63) is 29.3 Å². The third-order valence-electron chi connectivity index (χ3n) is 5.93. The zero-order chi connectivity index (χ0) is 19.5. The third-order valence-corrected chi connectivity index (χ3v) is 6.16. The van der Waals surface area contributed by atoms with Crippen LogP contribution in [0.15, 0.2) is 24.3 Å². The summed E-state index contributed by atoms with van der Waals surface area (Å²) in [7, 11) is 0. The van der Waals surface area contributed by atoms with Crippen LogP contribution in [0.3, 0.4) is 0 Å². The molecule has 0 spiro atoms. The van der Waals surface area contributed by atoms with Gasteiger partial charge >= 0.3 is 0 Å². The lowest BCUT2D eigenvalue weighted by Crippen LogP contribution is -2.44. The van der Waals surface area contributed by atoms with Crippen LogP contribution in [-0.2, 0) is 9.59 Å². The van der Waals surface area contributed by atoms with Crippen LogP contribution in [0.5, 0.6) is 5.75 Å². The van der Waals surface area contributed by atoms with E-state index in [4.69, 9.17) is 16.3 Å². The minimum absolute atomic E-state index is 0.00323. The first-order valence-electron chi connectivity index (χ1n) is 10.3. The summed E-state index contributed by atoms with van der Waals surface area (Å²) >= 11 is 5.95. The maximum Gasteiger partial charge on any atom is 0.260 e. The number of hydrogen-bond donors (Lipinski definition) is 0. The van der Waals surface area contributed by atoms with E-state index < -0.39 is 0 Å². The number of benzene rings is 1. The van der Waals surface area contributed by atoms with Gasteiger partial charge in [0.2, 0.25) is 5.91 Å². The molecule has 2 amide bonds. The van der Waals surface area contributed by atoms with Crippen molar-refractivity contribution >= 4 is 23.4 Å². The number of hydrogen-bond acceptors (Lipinski definition) is 4. The summed E-state index contributed by atoms with van der Waals surface area (Å²) in [6.07, 6.45) is 4.34. The molecule has 0 N–H and O–H groups in total. The van der Waals surface area contributed by atoms with Crippen LogP contribution in [0.4, 0.5) is 0 Å². The third kappa shape index (κ3) is 4.78. The van der Waals surface area contributed by atoms with Gasteiger partial charge in [-0.25, -0.2) is 0 Å². The Morgan fingerprint density at radius 3 is 2.75 bits per heavy atom. The van der Waals surface area contributed by atoms with E-state index >= 15 is 0 Å². The number of nitrogens with zero attached hydrogens (tertiary/aromatic N) is 3. The van der Waals surface area contributed by atoms with Crippen molar-refractivity contribution in [1.82, 2.24) is 14.7 Å². The van der Waals surface area contributed by atoms with Crippen LogP contribution < -0.4 is 4.74 Å². The Bertz CT molecular complexity index is 725. The fourth-order valence-electron chi connectivity index (χ4n) is 4.15. The van der Waals surface area contributed by atoms with Crippen LogP contribution in [0, 0.1) is 5.92 Å². The Balaban J connectivity index is 1.26. The van der Waals surface area contributed by atoms with Gasteiger partial charge in [-0.3, -0.25) is 14.5 Å². The van der Waals surface area contributed by atoms with Gasteiger partial charge in [-0.2, -0.15) is 0 Å². The lowest BCUT2D eigenvalue weighted by Gasteiger charge is -2.26. The summed E-state index contributed by atoms with van der Waals surface area (Å²) in [6.45, 7) is 4.80. The molecule has 152 valence electrons. The van der Waals surface area contributed by atoms with E-state index in [1.807, 2.05) is 4.90 Å². The van der Waals surface area contributed by atoms with Gasteiger partial charge in [-0.15, -0.1) is 0 Å². The molecule has 2 aliphatic heterocycles. The zero-order valence-electron chi connectivity index (χ0n) is 16.2. The second kappa shape index (κ2) is 8.70. The topological polar surface area (TPSA) is 53.1 Å². The quantitative estimate of drug-likeness (QED) is 0.728. The van der Waals surface area contributed by atoms with Crippen molar-refractivity contribution in [1.29, 1.82) is 0 Å². The number of carbonyl (C=O) groups excluding carboxylic acids is 2.